The van der Waals surface area contributed by atoms with E-state index in [0.717, 1.165) is 0 Å². The van der Waals surface area contributed by atoms with Crippen LogP contribution >= 0.6 is 0 Å². The minimum absolute atomic E-state index is 0.0545. The van der Waals surface area contributed by atoms with Gasteiger partial charge in [-0.25, -0.2) is 0 Å². The van der Waals surface area contributed by atoms with Gasteiger partial charge in [-0.15, -0.1) is 0 Å². The molecule has 0 aliphatic rings. The van der Waals surface area contributed by atoms with Crippen LogP contribution in [-0.2, 0) is 0 Å². The highest BCUT2D eigenvalue weighted by atomic mass is 16.2. The van der Waals surface area contributed by atoms with E-state index < -0.39 is 0 Å². The molecule has 23 heavy (non-hydrogen) atoms. The molecule has 2 aromatic rings. The number of hydrogen-bond acceptors (Lipinski definition) is 5. The van der Waals surface area contributed by atoms with Gasteiger partial charge in [0.1, 0.15) is 0 Å². The first-order chi connectivity index (χ1) is 10.8. The average molecular weight is 312 g/mol. The Morgan fingerprint density at radius 3 is 2.35 bits per heavy atom. The van der Waals surface area contributed by atoms with Gasteiger partial charge in [0.05, 0.1) is 30.2 Å². The van der Waals surface area contributed by atoms with E-state index in [1.165, 1.54) is 4.57 Å². The van der Waals surface area contributed by atoms with Gasteiger partial charge in [-0.1, -0.05) is 6.07 Å². The number of nitriles is 1. The van der Waals surface area contributed by atoms with E-state index in [9.17, 15) is 9.59 Å². The number of aromatic nitrogens is 1. The molecule has 0 aliphatic carbocycles. The summed E-state index contributed by atoms with van der Waals surface area (Å²) in [6, 6.07) is 7.11. The molecule has 0 atom stereocenters. The van der Waals surface area contributed by atoms with Crippen LogP contribution < -0.4 is 0 Å². The van der Waals surface area contributed by atoms with Crippen molar-refractivity contribution in [3.63, 3.8) is 0 Å². The quantitative estimate of drug-likeness (QED) is 0.782. The van der Waals surface area contributed by atoms with Crippen LogP contribution in [0, 0.1) is 11.3 Å². The molecular formula is C17H20N4O2. The second kappa shape index (κ2) is 6.73. The largest absolute Gasteiger partial charge is 0.302 e. The number of hydrogen-bond donors (Lipinski definition) is 0. The molecule has 120 valence electrons. The number of carbonyl (C=O) groups excluding carboxylic acids is 2. The highest BCUT2D eigenvalue weighted by molar-refractivity contribution is 6.11. The van der Waals surface area contributed by atoms with Crippen molar-refractivity contribution >= 4 is 22.6 Å². The van der Waals surface area contributed by atoms with Gasteiger partial charge in [-0.2, -0.15) is 5.26 Å². The van der Waals surface area contributed by atoms with Gasteiger partial charge in [-0.3, -0.25) is 14.2 Å². The highest BCUT2D eigenvalue weighted by Gasteiger charge is 2.19. The molecular weight excluding hydrogens is 292 g/mol. The van der Waals surface area contributed by atoms with Crippen LogP contribution in [0.1, 0.15) is 20.7 Å². The summed E-state index contributed by atoms with van der Waals surface area (Å²) in [7, 11) is 7.26. The number of nitrogens with zero attached hydrogens (tertiary/aromatic N) is 4. The van der Waals surface area contributed by atoms with E-state index >= 15 is 0 Å². The maximum absolute atomic E-state index is 12.4. The lowest BCUT2D eigenvalue weighted by molar-refractivity contribution is 0.0882. The third-order valence-corrected chi connectivity index (χ3v) is 3.42. The zero-order chi connectivity index (χ0) is 17.1. The number of rotatable bonds is 5. The van der Waals surface area contributed by atoms with Crippen molar-refractivity contribution in [3.8, 4) is 6.07 Å². The molecule has 6 nitrogen and oxygen atoms in total. The van der Waals surface area contributed by atoms with Crippen molar-refractivity contribution in [2.45, 2.75) is 0 Å². The molecule has 0 fully saturated rings. The third-order valence-electron chi connectivity index (χ3n) is 3.42. The molecule has 1 aromatic heterocycles. The summed E-state index contributed by atoms with van der Waals surface area (Å²) in [6.45, 7) is 0.489. The number of ketones is 1. The van der Waals surface area contributed by atoms with E-state index in [1.807, 2.05) is 28.2 Å². The SMILES string of the molecule is CN(C)CC(=O)c1cn(C(=O)CN(C)C)c2cc(C#N)ccc12. The highest BCUT2D eigenvalue weighted by Crippen LogP contribution is 2.23. The Morgan fingerprint density at radius 1 is 1.13 bits per heavy atom. The first kappa shape index (κ1) is 16.9. The molecule has 0 bridgehead atoms. The minimum Gasteiger partial charge on any atom is -0.302 e. The van der Waals surface area contributed by atoms with Gasteiger partial charge in [0, 0.05) is 17.1 Å². The molecule has 6 heteroatoms. The summed E-state index contributed by atoms with van der Waals surface area (Å²) < 4.78 is 1.47. The third kappa shape index (κ3) is 3.65. The molecule has 0 amide bonds. The van der Waals surface area contributed by atoms with Crippen LogP contribution in [0.25, 0.3) is 10.9 Å². The summed E-state index contributed by atoms with van der Waals surface area (Å²) in [4.78, 5) is 28.4. The zero-order valence-electron chi connectivity index (χ0n) is 13.8. The number of Topliss-reactive ketones (excluding diaryl/α,β-unsaturated/α-hetero) is 1. The summed E-state index contributed by atoms with van der Waals surface area (Å²) in [5.74, 6) is -0.194. The molecule has 0 saturated heterocycles. The standard InChI is InChI=1S/C17H20N4O2/c1-19(2)10-16(22)14-9-21(17(23)11-20(3)4)15-7-12(8-18)5-6-13(14)15/h5-7,9H,10-11H2,1-4H3. The van der Waals surface area contributed by atoms with Crippen molar-refractivity contribution < 1.29 is 9.59 Å². The molecule has 0 aliphatic heterocycles. The normalized spacial score (nSPS) is 11.2. The van der Waals surface area contributed by atoms with Gasteiger partial charge in [0.2, 0.25) is 5.91 Å². The van der Waals surface area contributed by atoms with E-state index in [4.69, 9.17) is 5.26 Å². The van der Waals surface area contributed by atoms with Crippen molar-refractivity contribution in [2.24, 2.45) is 0 Å². The van der Waals surface area contributed by atoms with Crippen molar-refractivity contribution in [3.05, 3.63) is 35.5 Å². The lowest BCUT2D eigenvalue weighted by atomic mass is 10.1. The Hall–Kier alpha value is -2.49. The minimum atomic E-state index is -0.140. The summed E-state index contributed by atoms with van der Waals surface area (Å²) in [5, 5.41) is 9.78. The maximum Gasteiger partial charge on any atom is 0.245 e. The number of fused-ring (bicyclic) bond motifs is 1. The van der Waals surface area contributed by atoms with Crippen LogP contribution in [0.2, 0.25) is 0 Å². The second-order valence-corrected chi connectivity index (χ2v) is 6.05. The Morgan fingerprint density at radius 2 is 1.78 bits per heavy atom. The Balaban J connectivity index is 2.59. The van der Waals surface area contributed by atoms with Gasteiger partial charge >= 0.3 is 0 Å². The van der Waals surface area contributed by atoms with Crippen LogP contribution in [0.15, 0.2) is 24.4 Å². The Labute approximate surface area is 135 Å². The van der Waals surface area contributed by atoms with Crippen molar-refractivity contribution in [1.29, 1.82) is 5.26 Å². The van der Waals surface area contributed by atoms with Gasteiger partial charge in [0.15, 0.2) is 5.78 Å². The van der Waals surface area contributed by atoms with E-state index in [-0.39, 0.29) is 24.8 Å². The fraction of sp³-hybridized carbons (Fsp3) is 0.353. The van der Waals surface area contributed by atoms with Crippen molar-refractivity contribution in [2.75, 3.05) is 41.3 Å². The van der Waals surface area contributed by atoms with E-state index in [2.05, 4.69) is 6.07 Å². The summed E-state index contributed by atoms with van der Waals surface area (Å²) >= 11 is 0. The molecule has 0 spiro atoms. The van der Waals surface area contributed by atoms with Crippen LogP contribution in [0.3, 0.4) is 0 Å². The molecule has 0 N–H and O–H groups in total. The molecule has 0 unspecified atom stereocenters. The molecule has 0 saturated carbocycles. The zero-order valence-corrected chi connectivity index (χ0v) is 13.8. The van der Waals surface area contributed by atoms with Crippen LogP contribution in [0.5, 0.6) is 0 Å². The second-order valence-electron chi connectivity index (χ2n) is 6.05. The fourth-order valence-corrected chi connectivity index (χ4v) is 2.44. The Kier molecular flexibility index (Phi) is 4.94. The molecule has 0 radical (unpaired) electrons. The summed E-state index contributed by atoms with van der Waals surface area (Å²) in [6.07, 6.45) is 1.59. The number of carbonyl (C=O) groups is 2. The lowest BCUT2D eigenvalue weighted by Crippen LogP contribution is -2.26. The van der Waals surface area contributed by atoms with E-state index in [1.54, 1.807) is 34.2 Å². The topological polar surface area (TPSA) is 69.3 Å². The summed E-state index contributed by atoms with van der Waals surface area (Å²) in [5.41, 5.74) is 1.56. The smallest absolute Gasteiger partial charge is 0.245 e. The van der Waals surface area contributed by atoms with Gasteiger partial charge < -0.3 is 9.80 Å². The monoisotopic (exact) mass is 312 g/mol. The lowest BCUT2D eigenvalue weighted by Gasteiger charge is -2.09. The van der Waals surface area contributed by atoms with Gasteiger partial charge in [-0.05, 0) is 40.3 Å². The number of benzene rings is 1. The van der Waals surface area contributed by atoms with Crippen molar-refractivity contribution in [1.82, 2.24) is 14.4 Å². The predicted octanol–water partition coefficient (Wildman–Crippen LogP) is 1.46. The van der Waals surface area contributed by atoms with Crippen LogP contribution in [0.4, 0.5) is 0 Å². The predicted molar refractivity (Wildman–Crippen MR) is 88.7 cm³/mol. The average Bonchev–Trinajstić information content (AvgIpc) is 2.84. The molecule has 1 heterocycles. The maximum atomic E-state index is 12.4. The number of likely N-dealkylation sites (N-methyl/N-ethyl adjacent to an activating group) is 2. The fourth-order valence-electron chi connectivity index (χ4n) is 2.44. The molecule has 1 aromatic carbocycles. The van der Waals surface area contributed by atoms with Gasteiger partial charge in [0.25, 0.3) is 0 Å². The first-order valence-corrected chi connectivity index (χ1v) is 7.24. The van der Waals surface area contributed by atoms with Crippen LogP contribution in [-0.4, -0.2) is 67.3 Å². The Bertz CT molecular complexity index is 797. The van der Waals surface area contributed by atoms with E-state index in [0.29, 0.717) is 22.0 Å². The first-order valence-electron chi connectivity index (χ1n) is 7.24. The molecule has 2 rings (SSSR count).